The van der Waals surface area contributed by atoms with Gasteiger partial charge in [0.05, 0.1) is 0 Å². The predicted octanol–water partition coefficient (Wildman–Crippen LogP) is 6.15. The molecule has 36 heavy (non-hydrogen) atoms. The fourth-order valence-corrected chi connectivity index (χ4v) is 5.75. The van der Waals surface area contributed by atoms with Crippen molar-refractivity contribution in [2.75, 3.05) is 39.3 Å². The van der Waals surface area contributed by atoms with Crippen LogP contribution in [0.2, 0.25) is 0 Å². The van der Waals surface area contributed by atoms with Gasteiger partial charge in [-0.25, -0.2) is 4.98 Å². The quantitative estimate of drug-likeness (QED) is 0.184. The smallest absolute Gasteiger partial charge is 0.282 e. The number of likely N-dealkylation sites (tertiary alicyclic amines) is 1. The number of hydrogen-bond acceptors (Lipinski definition) is 5. The molecule has 1 aromatic heterocycles. The summed E-state index contributed by atoms with van der Waals surface area (Å²) >= 11 is 1.41. The number of piperazine rings is 1. The van der Waals surface area contributed by atoms with E-state index in [0.717, 1.165) is 45.7 Å². The number of thiazole rings is 1. The molecule has 0 aliphatic carbocycles. The van der Waals surface area contributed by atoms with Crippen molar-refractivity contribution in [1.29, 1.82) is 0 Å². The molecule has 0 N–H and O–H groups in total. The minimum absolute atomic E-state index is 0.0510. The van der Waals surface area contributed by atoms with Crippen LogP contribution >= 0.6 is 11.3 Å². The first-order valence-corrected chi connectivity index (χ1v) is 15.4. The number of unbranched alkanes of at least 4 members (excludes halogenated alkanes) is 11. The number of carbonyl (C=O) groups excluding carboxylic acids is 2. The maximum atomic E-state index is 12.5. The van der Waals surface area contributed by atoms with E-state index in [9.17, 15) is 9.59 Å². The van der Waals surface area contributed by atoms with E-state index in [1.807, 2.05) is 15.2 Å². The highest BCUT2D eigenvalue weighted by Gasteiger charge is 2.36. The molecule has 2 amide bonds. The molecule has 7 heteroatoms. The maximum absolute atomic E-state index is 12.5. The van der Waals surface area contributed by atoms with Gasteiger partial charge in [0.15, 0.2) is 5.01 Å². The first-order valence-electron chi connectivity index (χ1n) is 14.5. The van der Waals surface area contributed by atoms with Gasteiger partial charge in [0.25, 0.3) is 5.91 Å². The Morgan fingerprint density at radius 3 is 2.08 bits per heavy atom. The van der Waals surface area contributed by atoms with Gasteiger partial charge in [-0.3, -0.25) is 14.5 Å². The molecule has 0 bridgehead atoms. The number of allylic oxidation sites excluding steroid dienone is 2. The Bertz CT molecular complexity index is 768. The fraction of sp³-hybridized carbons (Fsp3) is 0.759. The van der Waals surface area contributed by atoms with Crippen molar-refractivity contribution in [3.63, 3.8) is 0 Å². The number of nitrogens with zero attached hydrogens (tertiary/aromatic N) is 4. The van der Waals surface area contributed by atoms with Gasteiger partial charge in [0.2, 0.25) is 5.91 Å². The van der Waals surface area contributed by atoms with Crippen LogP contribution in [0, 0.1) is 0 Å². The van der Waals surface area contributed by atoms with Gasteiger partial charge in [-0.15, -0.1) is 11.3 Å². The highest BCUT2D eigenvalue weighted by atomic mass is 32.1. The van der Waals surface area contributed by atoms with Crippen LogP contribution in [-0.4, -0.2) is 76.8 Å². The second kappa shape index (κ2) is 16.9. The summed E-state index contributed by atoms with van der Waals surface area (Å²) in [5.41, 5.74) is 0. The molecule has 2 saturated heterocycles. The highest BCUT2D eigenvalue weighted by molar-refractivity contribution is 7.11. The van der Waals surface area contributed by atoms with Crippen LogP contribution in [0.4, 0.5) is 0 Å². The molecule has 0 saturated carbocycles. The Hall–Kier alpha value is -1.73. The third-order valence-corrected chi connectivity index (χ3v) is 8.36. The van der Waals surface area contributed by atoms with E-state index in [-0.39, 0.29) is 5.91 Å². The lowest BCUT2D eigenvalue weighted by Crippen LogP contribution is -2.64. The van der Waals surface area contributed by atoms with Crippen molar-refractivity contribution >= 4 is 23.2 Å². The van der Waals surface area contributed by atoms with Gasteiger partial charge < -0.3 is 9.80 Å². The van der Waals surface area contributed by atoms with Crippen molar-refractivity contribution in [2.24, 2.45) is 0 Å². The molecule has 0 unspecified atom stereocenters. The summed E-state index contributed by atoms with van der Waals surface area (Å²) in [6.07, 6.45) is 23.8. The van der Waals surface area contributed by atoms with Gasteiger partial charge in [-0.05, 0) is 32.1 Å². The fourth-order valence-electron chi connectivity index (χ4n) is 5.15. The molecule has 2 aliphatic rings. The Kier molecular flexibility index (Phi) is 13.5. The molecule has 202 valence electrons. The molecule has 1 aromatic rings. The van der Waals surface area contributed by atoms with E-state index in [4.69, 9.17) is 0 Å². The zero-order valence-electron chi connectivity index (χ0n) is 22.5. The molecule has 3 heterocycles. The number of carbonyl (C=O) groups is 2. The highest BCUT2D eigenvalue weighted by Crippen LogP contribution is 2.20. The van der Waals surface area contributed by atoms with Crippen LogP contribution in [0.25, 0.3) is 0 Å². The second-order valence-electron chi connectivity index (χ2n) is 10.5. The summed E-state index contributed by atoms with van der Waals surface area (Å²) in [6, 6.07) is 0.458. The third kappa shape index (κ3) is 9.97. The van der Waals surface area contributed by atoms with E-state index in [2.05, 4.69) is 29.0 Å². The summed E-state index contributed by atoms with van der Waals surface area (Å²) in [4.78, 5) is 35.5. The maximum Gasteiger partial charge on any atom is 0.282 e. The molecular weight excluding hydrogens is 468 g/mol. The third-order valence-electron chi connectivity index (χ3n) is 7.60. The van der Waals surface area contributed by atoms with Gasteiger partial charge >= 0.3 is 0 Å². The number of rotatable bonds is 17. The number of amides is 2. The van der Waals surface area contributed by atoms with Crippen LogP contribution < -0.4 is 0 Å². The second-order valence-corrected chi connectivity index (χ2v) is 11.3. The Labute approximate surface area is 223 Å². The summed E-state index contributed by atoms with van der Waals surface area (Å²) in [5.74, 6) is 0.372. The van der Waals surface area contributed by atoms with Gasteiger partial charge in [0, 0.05) is 63.3 Å². The Balaban J connectivity index is 1.12. The molecule has 0 radical (unpaired) electrons. The molecule has 0 spiro atoms. The van der Waals surface area contributed by atoms with Crippen molar-refractivity contribution in [3.05, 3.63) is 28.7 Å². The largest absolute Gasteiger partial charge is 0.339 e. The molecule has 0 aromatic carbocycles. The molecule has 3 rings (SSSR count). The number of aromatic nitrogens is 1. The first-order chi connectivity index (χ1) is 17.7. The topological polar surface area (TPSA) is 56.8 Å². The van der Waals surface area contributed by atoms with Gasteiger partial charge in [-0.1, -0.05) is 70.4 Å². The van der Waals surface area contributed by atoms with Crippen molar-refractivity contribution in [2.45, 2.75) is 103 Å². The van der Waals surface area contributed by atoms with Gasteiger partial charge in [0.1, 0.15) is 0 Å². The van der Waals surface area contributed by atoms with Crippen LogP contribution in [0.15, 0.2) is 23.7 Å². The summed E-state index contributed by atoms with van der Waals surface area (Å²) in [5, 5.41) is 2.43. The van der Waals surface area contributed by atoms with E-state index in [1.54, 1.807) is 6.20 Å². The van der Waals surface area contributed by atoms with E-state index in [1.165, 1.54) is 88.4 Å². The normalized spacial score (nSPS) is 17.1. The minimum Gasteiger partial charge on any atom is -0.339 e. The van der Waals surface area contributed by atoms with E-state index >= 15 is 0 Å². The standard InChI is InChI=1S/C29H48N4O2S/c1-2-3-4-5-6-7-8-9-10-11-12-13-14-15-16-17-27(34)33-24-26(25-33)31-19-21-32(22-20-31)29(35)28-30-18-23-36-28/h9-10,18,23,26H,2-8,11-17,19-22,24-25H2,1H3. The van der Waals surface area contributed by atoms with Crippen LogP contribution in [0.3, 0.4) is 0 Å². The molecule has 0 atom stereocenters. The Morgan fingerprint density at radius 2 is 1.47 bits per heavy atom. The molecular formula is C29H48N4O2S. The monoisotopic (exact) mass is 516 g/mol. The minimum atomic E-state index is 0.0510. The average molecular weight is 517 g/mol. The van der Waals surface area contributed by atoms with E-state index in [0.29, 0.717) is 23.4 Å². The SMILES string of the molecule is CCCCCCCCC=CCCCCCCCC(=O)N1CC(N2CCN(C(=O)c3nccs3)CC2)C1. The van der Waals surface area contributed by atoms with Crippen molar-refractivity contribution < 1.29 is 9.59 Å². The lowest BCUT2D eigenvalue weighted by atomic mass is 10.0. The summed E-state index contributed by atoms with van der Waals surface area (Å²) < 4.78 is 0. The van der Waals surface area contributed by atoms with Gasteiger partial charge in [-0.2, -0.15) is 0 Å². The zero-order chi connectivity index (χ0) is 25.4. The molecule has 6 nitrogen and oxygen atoms in total. The first kappa shape index (κ1) is 28.8. The van der Waals surface area contributed by atoms with E-state index < -0.39 is 0 Å². The van der Waals surface area contributed by atoms with Crippen molar-refractivity contribution in [1.82, 2.24) is 19.7 Å². The van der Waals surface area contributed by atoms with Crippen LogP contribution in [0.1, 0.15) is 107 Å². The molecule has 2 aliphatic heterocycles. The zero-order valence-corrected chi connectivity index (χ0v) is 23.4. The van der Waals surface area contributed by atoms with Crippen molar-refractivity contribution in [3.8, 4) is 0 Å². The average Bonchev–Trinajstić information content (AvgIpc) is 3.40. The number of hydrogen-bond donors (Lipinski definition) is 0. The lowest BCUT2D eigenvalue weighted by molar-refractivity contribution is -0.139. The lowest BCUT2D eigenvalue weighted by Gasteiger charge is -2.48. The molecule has 2 fully saturated rings. The Morgan fingerprint density at radius 1 is 0.861 bits per heavy atom. The van der Waals surface area contributed by atoms with Crippen LogP contribution in [-0.2, 0) is 4.79 Å². The predicted molar refractivity (Wildman–Crippen MR) is 149 cm³/mol. The summed E-state index contributed by atoms with van der Waals surface area (Å²) in [7, 11) is 0. The summed E-state index contributed by atoms with van der Waals surface area (Å²) in [6.45, 7) is 7.24. The van der Waals surface area contributed by atoms with Crippen LogP contribution in [0.5, 0.6) is 0 Å².